The van der Waals surface area contributed by atoms with E-state index in [2.05, 4.69) is 56.2 Å². The van der Waals surface area contributed by atoms with Gasteiger partial charge in [0.25, 0.3) is 0 Å². The molecule has 1 saturated heterocycles. The van der Waals surface area contributed by atoms with Crippen LogP contribution in [-0.4, -0.2) is 60.8 Å². The minimum atomic E-state index is -1.05. The van der Waals surface area contributed by atoms with Gasteiger partial charge in [-0.3, -0.25) is 0 Å². The van der Waals surface area contributed by atoms with E-state index in [-0.39, 0.29) is 6.04 Å². The first kappa shape index (κ1) is 20.9. The number of aromatic nitrogens is 5. The summed E-state index contributed by atoms with van der Waals surface area (Å²) in [6.07, 6.45) is 2.58. The van der Waals surface area contributed by atoms with Crippen molar-refractivity contribution in [2.24, 2.45) is 0 Å². The van der Waals surface area contributed by atoms with Crippen LogP contribution in [0, 0.1) is 6.92 Å². The SMILES string of the molecule is Cc1ccc(-c2nnc3n2CCN(c2nc4c(c(NC5CCOCC5)n2)[S+]([O-])CC4)C3)cc1. The fourth-order valence-corrected chi connectivity index (χ4v) is 6.02. The number of rotatable bonds is 4. The van der Waals surface area contributed by atoms with E-state index in [1.54, 1.807) is 0 Å². The van der Waals surface area contributed by atoms with Gasteiger partial charge >= 0.3 is 0 Å². The molecule has 2 aromatic heterocycles. The van der Waals surface area contributed by atoms with E-state index in [1.807, 2.05) is 0 Å². The molecule has 1 aromatic carbocycles. The lowest BCUT2D eigenvalue weighted by molar-refractivity contribution is 0.0903. The monoisotopic (exact) mass is 465 g/mol. The number of fused-ring (bicyclic) bond motifs is 2. The molecule has 10 heteroatoms. The summed E-state index contributed by atoms with van der Waals surface area (Å²) in [6.45, 7) is 5.69. The molecule has 9 nitrogen and oxygen atoms in total. The average Bonchev–Trinajstić information content (AvgIpc) is 3.43. The summed E-state index contributed by atoms with van der Waals surface area (Å²) in [4.78, 5) is 12.6. The predicted molar refractivity (Wildman–Crippen MR) is 126 cm³/mol. The van der Waals surface area contributed by atoms with Gasteiger partial charge in [-0.1, -0.05) is 29.8 Å². The Balaban J connectivity index is 1.28. The molecule has 5 heterocycles. The highest BCUT2D eigenvalue weighted by atomic mass is 32.2. The minimum Gasteiger partial charge on any atom is -0.611 e. The number of nitrogens with zero attached hydrogens (tertiary/aromatic N) is 6. The van der Waals surface area contributed by atoms with Gasteiger partial charge in [0.2, 0.25) is 10.8 Å². The molecule has 1 unspecified atom stereocenters. The Hall–Kier alpha value is -2.69. The Bertz CT molecular complexity index is 1160. The van der Waals surface area contributed by atoms with Gasteiger partial charge in [-0.2, -0.15) is 4.98 Å². The van der Waals surface area contributed by atoms with E-state index < -0.39 is 11.2 Å². The van der Waals surface area contributed by atoms with Crippen molar-refractivity contribution in [2.75, 3.05) is 35.7 Å². The number of ether oxygens (including phenoxy) is 1. The van der Waals surface area contributed by atoms with E-state index in [0.717, 1.165) is 79.2 Å². The fraction of sp³-hybridized carbons (Fsp3) is 0.478. The first-order valence-corrected chi connectivity index (χ1v) is 12.9. The van der Waals surface area contributed by atoms with Crippen LogP contribution in [0.15, 0.2) is 29.2 Å². The second-order valence-electron chi connectivity index (χ2n) is 8.86. The molecule has 0 radical (unpaired) electrons. The van der Waals surface area contributed by atoms with Crippen LogP contribution < -0.4 is 10.2 Å². The van der Waals surface area contributed by atoms with Crippen molar-refractivity contribution >= 4 is 22.9 Å². The van der Waals surface area contributed by atoms with E-state index in [0.29, 0.717) is 18.2 Å². The van der Waals surface area contributed by atoms with Crippen LogP contribution in [-0.2, 0) is 35.4 Å². The first-order valence-electron chi connectivity index (χ1n) is 11.5. The lowest BCUT2D eigenvalue weighted by Crippen LogP contribution is -2.36. The molecule has 1 atom stereocenters. The zero-order chi connectivity index (χ0) is 22.4. The van der Waals surface area contributed by atoms with Gasteiger partial charge in [-0.25, -0.2) is 4.98 Å². The molecule has 1 N–H and O–H groups in total. The zero-order valence-corrected chi connectivity index (χ0v) is 19.5. The summed E-state index contributed by atoms with van der Waals surface area (Å²) in [5.74, 6) is 3.82. The summed E-state index contributed by atoms with van der Waals surface area (Å²) >= 11 is -1.05. The van der Waals surface area contributed by atoms with Crippen molar-refractivity contribution in [2.45, 2.75) is 50.2 Å². The zero-order valence-electron chi connectivity index (χ0n) is 18.7. The number of nitrogens with one attached hydrogen (secondary N) is 1. The number of benzene rings is 1. The maximum atomic E-state index is 12.7. The molecule has 1 fully saturated rings. The third-order valence-corrected chi connectivity index (χ3v) is 8.04. The van der Waals surface area contributed by atoms with Crippen molar-refractivity contribution in [3.63, 3.8) is 0 Å². The highest BCUT2D eigenvalue weighted by molar-refractivity contribution is 7.91. The first-order chi connectivity index (χ1) is 16.2. The normalized spacial score (nSPS) is 20.5. The number of anilines is 2. The standard InChI is InChI=1S/C23H27N7O2S/c1-15-2-4-16(5-3-15)22-28-27-19-14-29(9-10-30(19)22)23-25-18-8-13-33(31)20(18)21(26-23)24-17-6-11-32-12-7-17/h2-5,17H,6-14H2,1H3,(H,24,25,26). The molecule has 33 heavy (non-hydrogen) atoms. The van der Waals surface area contributed by atoms with Crippen LogP contribution in [0.4, 0.5) is 11.8 Å². The predicted octanol–water partition coefficient (Wildman–Crippen LogP) is 2.32. The minimum absolute atomic E-state index is 0.282. The van der Waals surface area contributed by atoms with Crippen LogP contribution in [0.1, 0.15) is 29.9 Å². The maximum absolute atomic E-state index is 12.7. The molecule has 0 aliphatic carbocycles. The van der Waals surface area contributed by atoms with Gasteiger partial charge in [0.1, 0.15) is 11.4 Å². The fourth-order valence-electron chi connectivity index (χ4n) is 4.70. The van der Waals surface area contributed by atoms with E-state index >= 15 is 0 Å². The van der Waals surface area contributed by atoms with Crippen LogP contribution in [0.25, 0.3) is 11.4 Å². The quantitative estimate of drug-likeness (QED) is 0.586. The lowest BCUT2D eigenvalue weighted by atomic mass is 10.1. The van der Waals surface area contributed by atoms with Crippen molar-refractivity contribution in [1.29, 1.82) is 0 Å². The summed E-state index contributed by atoms with van der Waals surface area (Å²) in [6, 6.07) is 8.67. The van der Waals surface area contributed by atoms with Crippen LogP contribution in [0.5, 0.6) is 0 Å². The maximum Gasteiger partial charge on any atom is 0.228 e. The second-order valence-corrected chi connectivity index (χ2v) is 10.4. The van der Waals surface area contributed by atoms with E-state index in [9.17, 15) is 4.55 Å². The third-order valence-electron chi connectivity index (χ3n) is 6.58. The van der Waals surface area contributed by atoms with Crippen molar-refractivity contribution in [3.05, 3.63) is 41.3 Å². The molecule has 3 aliphatic heterocycles. The Kier molecular flexibility index (Phi) is 5.43. The molecule has 172 valence electrons. The number of aryl methyl sites for hydroxylation is 2. The Labute approximate surface area is 195 Å². The van der Waals surface area contributed by atoms with Gasteiger partial charge in [0, 0.05) is 44.3 Å². The highest BCUT2D eigenvalue weighted by Crippen LogP contribution is 2.34. The largest absolute Gasteiger partial charge is 0.611 e. The van der Waals surface area contributed by atoms with Gasteiger partial charge in [0.05, 0.1) is 6.54 Å². The van der Waals surface area contributed by atoms with Gasteiger partial charge < -0.3 is 24.1 Å². The Morgan fingerprint density at radius 3 is 2.73 bits per heavy atom. The molecule has 0 spiro atoms. The third kappa shape index (κ3) is 3.96. The van der Waals surface area contributed by atoms with Crippen molar-refractivity contribution in [3.8, 4) is 11.4 Å². The molecule has 3 aromatic rings. The smallest absolute Gasteiger partial charge is 0.228 e. The Morgan fingerprint density at radius 1 is 1.09 bits per heavy atom. The summed E-state index contributed by atoms with van der Waals surface area (Å²) in [5, 5.41) is 12.5. The molecule has 3 aliphatic rings. The topological polar surface area (TPSA) is 104 Å². The Morgan fingerprint density at radius 2 is 1.91 bits per heavy atom. The number of hydrogen-bond acceptors (Lipinski definition) is 8. The lowest BCUT2D eigenvalue weighted by Gasteiger charge is -2.29. The molecule has 6 rings (SSSR count). The molecule has 0 amide bonds. The summed E-state index contributed by atoms with van der Waals surface area (Å²) in [7, 11) is 0. The summed E-state index contributed by atoms with van der Waals surface area (Å²) in [5.41, 5.74) is 3.20. The molecular formula is C23H27N7O2S. The average molecular weight is 466 g/mol. The summed E-state index contributed by atoms with van der Waals surface area (Å²) < 4.78 is 20.3. The molecule has 0 bridgehead atoms. The molecular weight excluding hydrogens is 438 g/mol. The second kappa shape index (κ2) is 8.58. The van der Waals surface area contributed by atoms with Crippen LogP contribution in [0.3, 0.4) is 0 Å². The van der Waals surface area contributed by atoms with Crippen LogP contribution in [0.2, 0.25) is 0 Å². The highest BCUT2D eigenvalue weighted by Gasteiger charge is 2.34. The van der Waals surface area contributed by atoms with Gasteiger partial charge in [-0.15, -0.1) is 10.2 Å². The van der Waals surface area contributed by atoms with Gasteiger partial charge in [-0.05, 0) is 30.9 Å². The molecule has 0 saturated carbocycles. The van der Waals surface area contributed by atoms with Crippen molar-refractivity contribution < 1.29 is 9.29 Å². The van der Waals surface area contributed by atoms with Crippen molar-refractivity contribution in [1.82, 2.24) is 24.7 Å². The van der Waals surface area contributed by atoms with E-state index in [4.69, 9.17) is 14.7 Å². The van der Waals surface area contributed by atoms with Crippen LogP contribution >= 0.6 is 0 Å². The van der Waals surface area contributed by atoms with Gasteiger partial charge in [0.15, 0.2) is 17.5 Å². The van der Waals surface area contributed by atoms with E-state index in [1.165, 1.54) is 5.56 Å². The number of hydrogen-bond donors (Lipinski definition) is 1.